The molecule has 36 heavy (non-hydrogen) atoms. The molecule has 2 aromatic carbocycles. The average Bonchev–Trinajstić information content (AvgIpc) is 3.56. The summed E-state index contributed by atoms with van der Waals surface area (Å²) in [4.78, 5) is 30.9. The van der Waals surface area contributed by atoms with Crippen molar-refractivity contribution < 1.29 is 9.59 Å². The number of benzene rings is 2. The Morgan fingerprint density at radius 2 is 1.19 bits per heavy atom. The van der Waals surface area contributed by atoms with Gasteiger partial charge in [-0.05, 0) is 37.1 Å². The number of rotatable bonds is 6. The highest BCUT2D eigenvalue weighted by atomic mass is 16.2. The van der Waals surface area contributed by atoms with Crippen molar-refractivity contribution in [3.05, 3.63) is 101 Å². The van der Waals surface area contributed by atoms with Gasteiger partial charge in [-0.2, -0.15) is 10.2 Å². The second-order valence-electron chi connectivity index (χ2n) is 8.42. The lowest BCUT2D eigenvalue weighted by Crippen LogP contribution is -2.28. The minimum Gasteiger partial charge on any atom is -0.364 e. The van der Waals surface area contributed by atoms with Crippen LogP contribution in [0.15, 0.2) is 78.9 Å². The first-order chi connectivity index (χ1) is 17.4. The van der Waals surface area contributed by atoms with Gasteiger partial charge in [0.1, 0.15) is 11.4 Å². The zero-order valence-electron chi connectivity index (χ0n) is 19.7. The molecule has 3 aromatic heterocycles. The van der Waals surface area contributed by atoms with Crippen molar-refractivity contribution in [3.8, 4) is 22.5 Å². The number of hydrogen-bond acceptors (Lipinski definition) is 5. The highest BCUT2D eigenvalue weighted by Gasteiger charge is 2.26. The third-order valence-electron chi connectivity index (χ3n) is 5.74. The molecule has 2 amide bonds. The van der Waals surface area contributed by atoms with Crippen molar-refractivity contribution in [2.45, 2.75) is 13.8 Å². The maximum Gasteiger partial charge on any atom is 0.283 e. The van der Waals surface area contributed by atoms with E-state index in [-0.39, 0.29) is 11.4 Å². The Balaban J connectivity index is 1.57. The first-order valence-electron chi connectivity index (χ1n) is 11.3. The van der Waals surface area contributed by atoms with Gasteiger partial charge in [0.25, 0.3) is 11.8 Å². The Bertz CT molecular complexity index is 1470. The molecule has 9 heteroatoms. The van der Waals surface area contributed by atoms with Gasteiger partial charge in [-0.3, -0.25) is 19.8 Å². The second-order valence-corrected chi connectivity index (χ2v) is 8.42. The summed E-state index contributed by atoms with van der Waals surface area (Å²) in [6.07, 6.45) is 0. The molecule has 0 radical (unpaired) electrons. The summed E-state index contributed by atoms with van der Waals surface area (Å²) in [6.45, 7) is 4.03. The van der Waals surface area contributed by atoms with Crippen LogP contribution in [-0.4, -0.2) is 37.2 Å². The van der Waals surface area contributed by atoms with Gasteiger partial charge in [0.15, 0.2) is 11.6 Å². The largest absolute Gasteiger partial charge is 0.364 e. The molecule has 0 aliphatic rings. The van der Waals surface area contributed by atoms with E-state index < -0.39 is 11.8 Å². The molecular weight excluding hydrogens is 454 g/mol. The van der Waals surface area contributed by atoms with Crippen molar-refractivity contribution in [2.75, 3.05) is 4.90 Å². The van der Waals surface area contributed by atoms with Crippen LogP contribution in [0.25, 0.3) is 22.5 Å². The number of carbonyl (C=O) groups is 2. The summed E-state index contributed by atoms with van der Waals surface area (Å²) in [5.74, 6) is -0.589. The predicted octanol–water partition coefficient (Wildman–Crippen LogP) is 4.56. The number of hydrogen-bond donors (Lipinski definition) is 3. The molecule has 0 aliphatic heterocycles. The van der Waals surface area contributed by atoms with Crippen LogP contribution in [0.1, 0.15) is 32.1 Å². The van der Waals surface area contributed by atoms with Crippen LogP contribution in [-0.2, 0) is 0 Å². The fraction of sp³-hybridized carbons (Fsp3) is 0.0741. The van der Waals surface area contributed by atoms with Crippen LogP contribution in [0.2, 0.25) is 0 Å². The lowest BCUT2D eigenvalue weighted by molar-refractivity contribution is 0.0990. The zero-order valence-corrected chi connectivity index (χ0v) is 19.7. The van der Waals surface area contributed by atoms with Crippen molar-refractivity contribution in [1.82, 2.24) is 25.4 Å². The maximum absolute atomic E-state index is 13.7. The van der Waals surface area contributed by atoms with Gasteiger partial charge in [0.05, 0.1) is 11.4 Å². The number of pyridine rings is 1. The van der Waals surface area contributed by atoms with E-state index in [0.717, 1.165) is 33.6 Å². The lowest BCUT2D eigenvalue weighted by Gasteiger charge is -2.17. The van der Waals surface area contributed by atoms with Gasteiger partial charge in [0, 0.05) is 12.1 Å². The predicted molar refractivity (Wildman–Crippen MR) is 137 cm³/mol. The van der Waals surface area contributed by atoms with Gasteiger partial charge >= 0.3 is 0 Å². The molecule has 178 valence electrons. The van der Waals surface area contributed by atoms with E-state index in [4.69, 9.17) is 5.73 Å². The van der Waals surface area contributed by atoms with Gasteiger partial charge in [-0.15, -0.1) is 0 Å². The quantitative estimate of drug-likeness (QED) is 0.330. The Hall–Kier alpha value is -5.05. The van der Waals surface area contributed by atoms with Crippen LogP contribution < -0.4 is 10.6 Å². The van der Waals surface area contributed by atoms with Crippen molar-refractivity contribution in [2.24, 2.45) is 5.73 Å². The van der Waals surface area contributed by atoms with Crippen molar-refractivity contribution in [1.29, 1.82) is 0 Å². The number of nitrogens with zero attached hydrogens (tertiary/aromatic N) is 4. The number of aromatic nitrogens is 5. The van der Waals surface area contributed by atoms with E-state index in [1.807, 2.05) is 62.4 Å². The lowest BCUT2D eigenvalue weighted by atomic mass is 10.1. The molecule has 5 rings (SSSR count). The number of H-pyrrole nitrogens is 2. The smallest absolute Gasteiger partial charge is 0.283 e. The Labute approximate surface area is 207 Å². The van der Waals surface area contributed by atoms with E-state index in [1.165, 1.54) is 17.0 Å². The third kappa shape index (κ3) is 4.49. The van der Waals surface area contributed by atoms with Crippen LogP contribution in [0.4, 0.5) is 11.6 Å². The number of aromatic amines is 2. The standard InChI is InChI=1S/C27H23N7O2/c1-16-6-10-18(11-7-16)22-14-24(32-30-22)34(27(36)21-5-3-4-20(29-21)26(28)35)25-15-23(31-33-25)19-12-8-17(2)9-13-19/h3-15H,1-2H3,(H2,28,35)(H,30,32)(H,31,33). The third-order valence-corrected chi connectivity index (χ3v) is 5.74. The van der Waals surface area contributed by atoms with E-state index in [2.05, 4.69) is 25.4 Å². The molecule has 9 nitrogen and oxygen atoms in total. The molecule has 0 spiro atoms. The topological polar surface area (TPSA) is 134 Å². The highest BCUT2D eigenvalue weighted by molar-refractivity contribution is 6.09. The van der Waals surface area contributed by atoms with Crippen LogP contribution in [0, 0.1) is 13.8 Å². The van der Waals surface area contributed by atoms with E-state index in [9.17, 15) is 9.59 Å². The molecule has 0 bridgehead atoms. The molecule has 0 unspecified atom stereocenters. The summed E-state index contributed by atoms with van der Waals surface area (Å²) in [5.41, 5.74) is 11.0. The Morgan fingerprint density at radius 1 is 0.722 bits per heavy atom. The molecule has 0 saturated carbocycles. The molecule has 0 atom stereocenters. The van der Waals surface area contributed by atoms with Gasteiger partial charge in [0.2, 0.25) is 0 Å². The number of amides is 2. The molecule has 0 saturated heterocycles. The van der Waals surface area contributed by atoms with Gasteiger partial charge < -0.3 is 5.73 Å². The van der Waals surface area contributed by atoms with Crippen LogP contribution >= 0.6 is 0 Å². The monoisotopic (exact) mass is 477 g/mol. The molecular formula is C27H23N7O2. The Morgan fingerprint density at radius 3 is 1.67 bits per heavy atom. The minimum atomic E-state index is -0.723. The number of aryl methyl sites for hydroxylation is 2. The number of anilines is 2. The summed E-state index contributed by atoms with van der Waals surface area (Å²) >= 11 is 0. The molecule has 5 aromatic rings. The van der Waals surface area contributed by atoms with E-state index in [1.54, 1.807) is 18.2 Å². The van der Waals surface area contributed by atoms with E-state index >= 15 is 0 Å². The summed E-state index contributed by atoms with van der Waals surface area (Å²) in [5, 5.41) is 14.8. The fourth-order valence-electron chi connectivity index (χ4n) is 3.74. The average molecular weight is 478 g/mol. The van der Waals surface area contributed by atoms with Crippen LogP contribution in [0.5, 0.6) is 0 Å². The SMILES string of the molecule is Cc1ccc(-c2cc(N(C(=O)c3cccc(C(N)=O)n3)c3cc(-c4ccc(C)cc4)[nH]n3)n[nH]2)cc1. The first kappa shape index (κ1) is 22.7. The zero-order chi connectivity index (χ0) is 25.2. The van der Waals surface area contributed by atoms with Gasteiger partial charge in [-0.25, -0.2) is 9.88 Å². The number of nitrogens with two attached hydrogens (primary N) is 1. The summed E-state index contributed by atoms with van der Waals surface area (Å²) < 4.78 is 0. The maximum atomic E-state index is 13.7. The second kappa shape index (κ2) is 9.30. The van der Waals surface area contributed by atoms with Crippen molar-refractivity contribution in [3.63, 3.8) is 0 Å². The van der Waals surface area contributed by atoms with Gasteiger partial charge in [-0.1, -0.05) is 65.7 Å². The molecule has 4 N–H and O–H groups in total. The summed E-state index contributed by atoms with van der Waals surface area (Å²) in [6, 6.07) is 24.0. The minimum absolute atomic E-state index is 0.00876. The van der Waals surface area contributed by atoms with Crippen molar-refractivity contribution >= 4 is 23.5 Å². The molecule has 0 fully saturated rings. The summed E-state index contributed by atoms with van der Waals surface area (Å²) in [7, 11) is 0. The highest BCUT2D eigenvalue weighted by Crippen LogP contribution is 2.30. The molecule has 3 heterocycles. The number of carbonyl (C=O) groups excluding carboxylic acids is 2. The first-order valence-corrected chi connectivity index (χ1v) is 11.3. The van der Waals surface area contributed by atoms with E-state index in [0.29, 0.717) is 11.6 Å². The normalized spacial score (nSPS) is 10.8. The number of nitrogens with one attached hydrogen (secondary N) is 2. The Kier molecular flexibility index (Phi) is 5.87. The number of primary amides is 1. The molecule has 0 aliphatic carbocycles. The van der Waals surface area contributed by atoms with Crippen LogP contribution in [0.3, 0.4) is 0 Å². The fourth-order valence-corrected chi connectivity index (χ4v) is 3.74.